The van der Waals surface area contributed by atoms with Crippen molar-refractivity contribution in [2.24, 2.45) is 10.2 Å². The van der Waals surface area contributed by atoms with E-state index < -0.39 is 119 Å². The monoisotopic (exact) mass is 999 g/mol. The largest absolute Gasteiger partial charge is 0.397 e. The lowest BCUT2D eigenvalue weighted by Crippen LogP contribution is -2.23. The first-order chi connectivity index (χ1) is 29.0. The summed E-state index contributed by atoms with van der Waals surface area (Å²) >= 11 is 0. The maximum absolute atomic E-state index is 12.7. The molecule has 28 nitrogen and oxygen atoms in total. The van der Waals surface area contributed by atoms with Gasteiger partial charge in [-0.3, -0.25) is 22.8 Å². The minimum Gasteiger partial charge on any atom is -0.368 e. The molecule has 0 atom stereocenters. The minimum absolute atomic E-state index is 0.0310. The number of rotatable bonds is 19. The van der Waals surface area contributed by atoms with Crippen molar-refractivity contribution in [1.82, 2.24) is 20.0 Å². The minimum atomic E-state index is -5.19. The van der Waals surface area contributed by atoms with Gasteiger partial charge in [0.05, 0.1) is 40.9 Å². The lowest BCUT2D eigenvalue weighted by molar-refractivity contribution is 0.278. The lowest BCUT2D eigenvalue weighted by atomic mass is 10.1. The molecule has 0 fully saturated rings. The van der Waals surface area contributed by atoms with Gasteiger partial charge in [-0.15, -0.1) is 20.4 Å². The molecule has 5 aromatic rings. The van der Waals surface area contributed by atoms with Crippen molar-refractivity contribution < 1.29 is 81.6 Å². The van der Waals surface area contributed by atoms with Crippen LogP contribution in [0.2, 0.25) is 0 Å². The third-order valence-electron chi connectivity index (χ3n) is 8.19. The van der Waals surface area contributed by atoms with Gasteiger partial charge >= 0.3 is 20.8 Å². The molecule has 34 heteroatoms. The molecular weight excluding hydrogens is 971 g/mol. The summed E-state index contributed by atoms with van der Waals surface area (Å²) in [6.45, 7) is -1.15. The van der Waals surface area contributed by atoms with Gasteiger partial charge in [0.2, 0.25) is 0 Å². The average molecular weight is 1000 g/mol. The number of pyridine rings is 1. The van der Waals surface area contributed by atoms with Gasteiger partial charge in [0.25, 0.3) is 30.4 Å². The number of nitrogens with zero attached hydrogens (tertiary/aromatic N) is 7. The van der Waals surface area contributed by atoms with E-state index in [1.807, 2.05) is 6.07 Å². The van der Waals surface area contributed by atoms with E-state index in [-0.39, 0.29) is 55.9 Å². The second-order valence-electron chi connectivity index (χ2n) is 12.5. The summed E-state index contributed by atoms with van der Waals surface area (Å²) in [6, 6.07) is 8.60. The molecule has 0 radical (unpaired) electrons. The number of nitrogens with one attached hydrogen (secondary N) is 2. The fraction of sp³-hybridized carbons (Fsp3) is 0.241. The van der Waals surface area contributed by atoms with E-state index in [0.29, 0.717) is 6.07 Å². The molecule has 0 amide bonds. The second-order valence-corrected chi connectivity index (χ2v) is 21.2. The number of anilines is 2. The highest BCUT2D eigenvalue weighted by Gasteiger charge is 2.25. The summed E-state index contributed by atoms with van der Waals surface area (Å²) in [5.41, 5.74) is -1.58. The van der Waals surface area contributed by atoms with Crippen LogP contribution in [0.25, 0.3) is 27.5 Å². The number of fused-ring (bicyclic) bond motifs is 3. The first-order valence-corrected chi connectivity index (χ1v) is 25.5. The Hall–Kier alpha value is -5.42. The summed E-state index contributed by atoms with van der Waals surface area (Å²) < 4.78 is 197. The Labute approximate surface area is 356 Å². The van der Waals surface area contributed by atoms with Crippen molar-refractivity contribution >= 4 is 106 Å². The van der Waals surface area contributed by atoms with Crippen LogP contribution in [0, 0.1) is 18.3 Å². The summed E-state index contributed by atoms with van der Waals surface area (Å²) in [7, 11) is -29.1. The topological polar surface area (TPSA) is 441 Å². The van der Waals surface area contributed by atoms with Crippen molar-refractivity contribution in [3.05, 3.63) is 53.6 Å². The highest BCUT2D eigenvalue weighted by molar-refractivity contribution is 7.91. The van der Waals surface area contributed by atoms with E-state index in [2.05, 4.69) is 44.4 Å². The molecule has 5 rings (SSSR count). The third-order valence-corrected chi connectivity index (χ3v) is 13.3. The molecule has 0 unspecified atom stereocenters. The van der Waals surface area contributed by atoms with Gasteiger partial charge in [-0.2, -0.15) is 52.1 Å². The Balaban J connectivity index is 1.55. The number of azo groups is 1. The standard InChI is InChI=1S/C29H29N9O19S6/c1-16-21(15-30)28(32-7-10-58(39,40)11-9-57-63(53,54)55)33-29(31-6-8-56-62(50,51)52)26(16)35-34-22-4-2-17(12-25(22)61(47,48)49)38-36-23-5-3-19-20(27(23)37-38)13-18(59(41,42)43)14-24(19)60(44,45)46/h2-5,12-14H,6-11H2,1H3,(H2,31,32,33)(H,41,42,43)(H,44,45,46)(H,47,48,49)(H,50,51,52)(H,53,54,55)/b35-34+. The Kier molecular flexibility index (Phi) is 13.9. The highest BCUT2D eigenvalue weighted by atomic mass is 32.3. The van der Waals surface area contributed by atoms with Gasteiger partial charge in [-0.1, -0.05) is 6.07 Å². The number of hydrogen-bond donors (Lipinski definition) is 7. The normalized spacial score (nSPS) is 13.2. The van der Waals surface area contributed by atoms with E-state index in [1.54, 1.807) is 0 Å². The van der Waals surface area contributed by atoms with Crippen molar-refractivity contribution in [2.45, 2.75) is 21.6 Å². The Bertz CT molecular complexity index is 3430. The number of hydrogen-bond acceptors (Lipinski definition) is 22. The van der Waals surface area contributed by atoms with E-state index >= 15 is 0 Å². The number of aromatic nitrogens is 4. The molecule has 0 aliphatic rings. The van der Waals surface area contributed by atoms with Gasteiger partial charge in [0, 0.05) is 29.4 Å². The Morgan fingerprint density at radius 1 is 0.698 bits per heavy atom. The molecule has 0 saturated carbocycles. The van der Waals surface area contributed by atoms with Crippen LogP contribution >= 0.6 is 0 Å². The van der Waals surface area contributed by atoms with Crippen LogP contribution in [-0.4, -0.2) is 131 Å². The molecule has 3 aromatic carbocycles. The zero-order valence-electron chi connectivity index (χ0n) is 31.3. The van der Waals surface area contributed by atoms with E-state index in [4.69, 9.17) is 9.11 Å². The fourth-order valence-corrected chi connectivity index (χ4v) is 9.10. The summed E-state index contributed by atoms with van der Waals surface area (Å²) in [5, 5.41) is 31.1. The first kappa shape index (κ1) is 48.6. The van der Waals surface area contributed by atoms with Crippen molar-refractivity contribution in [3.63, 3.8) is 0 Å². The predicted molar refractivity (Wildman–Crippen MR) is 214 cm³/mol. The molecule has 0 saturated heterocycles. The van der Waals surface area contributed by atoms with Crippen molar-refractivity contribution in [2.75, 3.05) is 48.4 Å². The van der Waals surface area contributed by atoms with E-state index in [9.17, 15) is 69.4 Å². The third kappa shape index (κ3) is 12.4. The molecule has 0 aliphatic carbocycles. The van der Waals surface area contributed by atoms with Crippen LogP contribution in [0.4, 0.5) is 23.0 Å². The molecule has 0 spiro atoms. The van der Waals surface area contributed by atoms with Crippen LogP contribution < -0.4 is 10.6 Å². The van der Waals surface area contributed by atoms with Crippen LogP contribution in [0.5, 0.6) is 0 Å². The molecule has 7 N–H and O–H groups in total. The molecule has 2 heterocycles. The average Bonchev–Trinajstić information content (AvgIpc) is 3.59. The molecule has 2 aromatic heterocycles. The first-order valence-electron chi connectivity index (χ1n) is 16.7. The Morgan fingerprint density at radius 2 is 1.33 bits per heavy atom. The smallest absolute Gasteiger partial charge is 0.368 e. The van der Waals surface area contributed by atoms with Gasteiger partial charge in [-0.25, -0.2) is 21.8 Å². The maximum Gasteiger partial charge on any atom is 0.397 e. The van der Waals surface area contributed by atoms with Crippen LogP contribution in [-0.2, 0) is 69.4 Å². The molecular formula is C29H29N9O19S6. The maximum atomic E-state index is 12.7. The zero-order valence-corrected chi connectivity index (χ0v) is 36.2. The number of benzene rings is 3. The summed E-state index contributed by atoms with van der Waals surface area (Å²) in [5.74, 6) is -2.07. The summed E-state index contributed by atoms with van der Waals surface area (Å²) in [4.78, 5) is 2.26. The predicted octanol–water partition coefficient (Wildman–Crippen LogP) is 1.18. The molecule has 0 bridgehead atoms. The second kappa shape index (κ2) is 18.0. The van der Waals surface area contributed by atoms with Crippen molar-refractivity contribution in [1.29, 1.82) is 5.26 Å². The van der Waals surface area contributed by atoms with Gasteiger partial charge < -0.3 is 10.6 Å². The number of nitriles is 1. The molecule has 63 heavy (non-hydrogen) atoms. The molecule has 0 aliphatic heterocycles. The zero-order chi connectivity index (χ0) is 46.9. The van der Waals surface area contributed by atoms with E-state index in [0.717, 1.165) is 29.1 Å². The highest BCUT2D eigenvalue weighted by Crippen LogP contribution is 2.37. The lowest BCUT2D eigenvalue weighted by Gasteiger charge is -2.15. The number of sulfone groups is 1. The summed E-state index contributed by atoms with van der Waals surface area (Å²) in [6.07, 6.45) is 0. The van der Waals surface area contributed by atoms with E-state index in [1.165, 1.54) is 19.1 Å². The quantitative estimate of drug-likeness (QED) is 0.0347. The van der Waals surface area contributed by atoms with Gasteiger partial charge in [0.1, 0.15) is 44.1 Å². The van der Waals surface area contributed by atoms with Gasteiger partial charge in [0.15, 0.2) is 15.7 Å². The van der Waals surface area contributed by atoms with Crippen LogP contribution in [0.3, 0.4) is 0 Å². The van der Waals surface area contributed by atoms with Crippen LogP contribution in [0.15, 0.2) is 67.4 Å². The SMILES string of the molecule is Cc1c(C#N)c(NCCS(=O)(=O)CCOS(=O)(=O)O)nc(NCCOS(=O)(=O)O)c1/N=N/c1ccc(-n2nc3ccc4c(S(=O)(=O)O)cc(S(=O)(=O)O)cc4c3n2)cc1S(=O)(=O)O. The Morgan fingerprint density at radius 3 is 1.94 bits per heavy atom. The van der Waals surface area contributed by atoms with Crippen molar-refractivity contribution in [3.8, 4) is 11.8 Å². The van der Waals surface area contributed by atoms with Gasteiger partial charge in [-0.05, 0) is 43.3 Å². The molecule has 340 valence electrons. The van der Waals surface area contributed by atoms with Crippen LogP contribution in [0.1, 0.15) is 11.1 Å². The fourth-order valence-electron chi connectivity index (χ4n) is 5.47.